The van der Waals surface area contributed by atoms with E-state index in [-0.39, 0.29) is 5.41 Å². The molecule has 274 valence electrons. The average molecular weight is 740 g/mol. The van der Waals surface area contributed by atoms with Crippen molar-refractivity contribution in [2.75, 3.05) is 4.90 Å². The summed E-state index contributed by atoms with van der Waals surface area (Å²) in [6, 6.07) is 78.2. The SMILES string of the molecule is CC1(C)c2ccc3ccccc3c2-c2c(N(c3ccccc3-c3ccccc3)c3ccccc3-c3cccc4cccc(-c5ccccc5)c34)cc3ccccc3c21. The van der Waals surface area contributed by atoms with E-state index in [2.05, 4.69) is 231 Å². The Morgan fingerprint density at radius 2 is 0.862 bits per heavy atom. The van der Waals surface area contributed by atoms with Gasteiger partial charge < -0.3 is 4.90 Å². The van der Waals surface area contributed by atoms with Crippen LogP contribution in [-0.2, 0) is 5.41 Å². The Morgan fingerprint density at radius 1 is 0.345 bits per heavy atom. The normalized spacial score (nSPS) is 12.8. The molecule has 0 aromatic heterocycles. The van der Waals surface area contributed by atoms with Crippen molar-refractivity contribution in [1.29, 1.82) is 0 Å². The van der Waals surface area contributed by atoms with E-state index in [0.29, 0.717) is 0 Å². The Labute approximate surface area is 340 Å². The first kappa shape index (κ1) is 34.1. The summed E-state index contributed by atoms with van der Waals surface area (Å²) in [6.07, 6.45) is 0. The third-order valence-corrected chi connectivity index (χ3v) is 12.4. The first-order valence-electron chi connectivity index (χ1n) is 20.3. The summed E-state index contributed by atoms with van der Waals surface area (Å²) in [7, 11) is 0. The number of anilines is 3. The lowest BCUT2D eigenvalue weighted by Crippen LogP contribution is -2.17. The Hall–Kier alpha value is -7.22. The van der Waals surface area contributed by atoms with E-state index in [1.54, 1.807) is 0 Å². The molecule has 0 saturated carbocycles. The van der Waals surface area contributed by atoms with Crippen LogP contribution < -0.4 is 4.90 Å². The van der Waals surface area contributed by atoms with Crippen molar-refractivity contribution in [1.82, 2.24) is 0 Å². The molecular weight excluding hydrogens is 699 g/mol. The van der Waals surface area contributed by atoms with Gasteiger partial charge in [-0.3, -0.25) is 0 Å². The van der Waals surface area contributed by atoms with E-state index >= 15 is 0 Å². The van der Waals surface area contributed by atoms with Crippen LogP contribution in [0.25, 0.3) is 76.8 Å². The van der Waals surface area contributed by atoms with Crippen LogP contribution in [0, 0.1) is 0 Å². The number of para-hydroxylation sites is 2. The van der Waals surface area contributed by atoms with E-state index in [9.17, 15) is 0 Å². The van der Waals surface area contributed by atoms with Gasteiger partial charge in [0.2, 0.25) is 0 Å². The van der Waals surface area contributed by atoms with Gasteiger partial charge in [0.05, 0.1) is 17.1 Å². The van der Waals surface area contributed by atoms with E-state index in [1.165, 1.54) is 93.6 Å². The zero-order valence-electron chi connectivity index (χ0n) is 32.7. The molecule has 11 rings (SSSR count). The maximum absolute atomic E-state index is 2.58. The van der Waals surface area contributed by atoms with Gasteiger partial charge in [0.25, 0.3) is 0 Å². The first-order valence-corrected chi connectivity index (χ1v) is 20.3. The second kappa shape index (κ2) is 13.5. The molecule has 10 aromatic rings. The quantitative estimate of drug-likeness (QED) is 0.164. The predicted octanol–water partition coefficient (Wildman–Crippen LogP) is 15.9. The fourth-order valence-electron chi connectivity index (χ4n) is 9.85. The van der Waals surface area contributed by atoms with Crippen LogP contribution in [0.1, 0.15) is 25.0 Å². The molecule has 0 amide bonds. The van der Waals surface area contributed by atoms with Gasteiger partial charge in [-0.15, -0.1) is 0 Å². The monoisotopic (exact) mass is 739 g/mol. The van der Waals surface area contributed by atoms with Crippen molar-refractivity contribution in [3.63, 3.8) is 0 Å². The number of hydrogen-bond acceptors (Lipinski definition) is 1. The third-order valence-electron chi connectivity index (χ3n) is 12.4. The summed E-state index contributed by atoms with van der Waals surface area (Å²) in [6.45, 7) is 4.83. The maximum Gasteiger partial charge on any atom is 0.0550 e. The van der Waals surface area contributed by atoms with Gasteiger partial charge in [-0.25, -0.2) is 0 Å². The summed E-state index contributed by atoms with van der Waals surface area (Å²) < 4.78 is 0. The Bertz CT molecular complexity index is 3190. The fourth-order valence-corrected chi connectivity index (χ4v) is 9.85. The van der Waals surface area contributed by atoms with Crippen molar-refractivity contribution in [3.05, 3.63) is 223 Å². The predicted molar refractivity (Wildman–Crippen MR) is 248 cm³/mol. The molecule has 0 radical (unpaired) electrons. The van der Waals surface area contributed by atoms with E-state index in [4.69, 9.17) is 0 Å². The molecule has 1 aliphatic rings. The zero-order valence-corrected chi connectivity index (χ0v) is 32.7. The minimum atomic E-state index is -0.241. The van der Waals surface area contributed by atoms with Crippen molar-refractivity contribution in [2.24, 2.45) is 0 Å². The van der Waals surface area contributed by atoms with Crippen LogP contribution in [0.5, 0.6) is 0 Å². The van der Waals surface area contributed by atoms with Gasteiger partial charge in [0.15, 0.2) is 0 Å². The molecule has 0 saturated heterocycles. The molecule has 10 aromatic carbocycles. The van der Waals surface area contributed by atoms with E-state index in [0.717, 1.165) is 11.4 Å². The third kappa shape index (κ3) is 5.24. The minimum absolute atomic E-state index is 0.241. The number of rotatable bonds is 6. The van der Waals surface area contributed by atoms with E-state index in [1.807, 2.05) is 0 Å². The minimum Gasteiger partial charge on any atom is -0.309 e. The number of benzene rings is 10. The summed E-state index contributed by atoms with van der Waals surface area (Å²) in [5, 5.41) is 7.55. The highest BCUT2D eigenvalue weighted by atomic mass is 15.2. The zero-order chi connectivity index (χ0) is 38.8. The van der Waals surface area contributed by atoms with Crippen LogP contribution in [0.4, 0.5) is 17.1 Å². The molecule has 0 bridgehead atoms. The van der Waals surface area contributed by atoms with Gasteiger partial charge in [0.1, 0.15) is 0 Å². The van der Waals surface area contributed by atoms with Crippen molar-refractivity contribution >= 4 is 49.4 Å². The molecule has 0 fully saturated rings. The maximum atomic E-state index is 2.58. The summed E-state index contributed by atoms with van der Waals surface area (Å²) in [5.74, 6) is 0. The molecule has 0 heterocycles. The molecule has 0 unspecified atom stereocenters. The summed E-state index contributed by atoms with van der Waals surface area (Å²) in [5.41, 5.74) is 15.8. The molecule has 0 aliphatic heterocycles. The second-order valence-corrected chi connectivity index (χ2v) is 16.0. The lowest BCUT2D eigenvalue weighted by molar-refractivity contribution is 0.667. The lowest BCUT2D eigenvalue weighted by atomic mass is 9.79. The molecule has 0 atom stereocenters. The number of nitrogens with zero attached hydrogens (tertiary/aromatic N) is 1. The molecular formula is C57H41N. The molecule has 1 nitrogen and oxygen atoms in total. The van der Waals surface area contributed by atoms with Crippen molar-refractivity contribution < 1.29 is 0 Å². The van der Waals surface area contributed by atoms with Crippen LogP contribution in [0.15, 0.2) is 212 Å². The van der Waals surface area contributed by atoms with Gasteiger partial charge in [0, 0.05) is 22.1 Å². The number of fused-ring (bicyclic) bond motifs is 8. The van der Waals surface area contributed by atoms with Crippen LogP contribution in [-0.4, -0.2) is 0 Å². The first-order chi connectivity index (χ1) is 28.6. The Morgan fingerprint density at radius 3 is 1.59 bits per heavy atom. The Kier molecular flexibility index (Phi) is 7.91. The highest BCUT2D eigenvalue weighted by Gasteiger charge is 2.41. The highest BCUT2D eigenvalue weighted by Crippen LogP contribution is 2.59. The standard InChI is InChI=1S/C57H41N/c1-57(2)49-36-35-40-23-9-11-28-45(40)54(49)55-52(37-42-24-10-12-29-46(42)56(55)57)58(50-33-15-13-27-43(50)38-19-5-3-6-20-38)51-34-16-14-30-47(51)48-32-18-26-41-25-17-31-44(53(41)48)39-21-7-4-8-22-39/h3-37H,1-2H3. The van der Waals surface area contributed by atoms with Gasteiger partial charge in [-0.05, 0) is 89.5 Å². The van der Waals surface area contributed by atoms with E-state index < -0.39 is 0 Å². The number of hydrogen-bond donors (Lipinski definition) is 0. The lowest BCUT2D eigenvalue weighted by Gasteiger charge is -2.33. The second-order valence-electron chi connectivity index (χ2n) is 16.0. The highest BCUT2D eigenvalue weighted by molar-refractivity contribution is 6.14. The van der Waals surface area contributed by atoms with Gasteiger partial charge in [-0.1, -0.05) is 208 Å². The molecule has 1 heteroatoms. The average Bonchev–Trinajstić information content (AvgIpc) is 3.54. The summed E-state index contributed by atoms with van der Waals surface area (Å²) >= 11 is 0. The molecule has 0 N–H and O–H groups in total. The van der Waals surface area contributed by atoms with Crippen molar-refractivity contribution in [3.8, 4) is 44.5 Å². The van der Waals surface area contributed by atoms with Gasteiger partial charge >= 0.3 is 0 Å². The van der Waals surface area contributed by atoms with Crippen LogP contribution >= 0.6 is 0 Å². The van der Waals surface area contributed by atoms with Crippen LogP contribution in [0.3, 0.4) is 0 Å². The smallest absolute Gasteiger partial charge is 0.0550 e. The topological polar surface area (TPSA) is 3.24 Å². The van der Waals surface area contributed by atoms with Gasteiger partial charge in [-0.2, -0.15) is 0 Å². The molecule has 0 spiro atoms. The Balaban J connectivity index is 1.30. The largest absolute Gasteiger partial charge is 0.309 e. The van der Waals surface area contributed by atoms with Crippen molar-refractivity contribution in [2.45, 2.75) is 19.3 Å². The van der Waals surface area contributed by atoms with Crippen LogP contribution in [0.2, 0.25) is 0 Å². The fraction of sp³-hybridized carbons (Fsp3) is 0.0526. The molecule has 58 heavy (non-hydrogen) atoms. The summed E-state index contributed by atoms with van der Waals surface area (Å²) in [4.78, 5) is 2.58. The molecule has 1 aliphatic carbocycles.